The van der Waals surface area contributed by atoms with Gasteiger partial charge in [-0.15, -0.1) is 0 Å². The zero-order chi connectivity index (χ0) is 12.5. The summed E-state index contributed by atoms with van der Waals surface area (Å²) in [6, 6.07) is 5.39. The van der Waals surface area contributed by atoms with E-state index in [9.17, 15) is 9.90 Å². The molecule has 1 N–H and O–H groups in total. The van der Waals surface area contributed by atoms with Gasteiger partial charge in [0, 0.05) is 0 Å². The van der Waals surface area contributed by atoms with Gasteiger partial charge in [0.1, 0.15) is 5.75 Å². The molecule has 0 spiro atoms. The molecule has 1 aliphatic rings. The maximum absolute atomic E-state index is 11.4. The number of hydrogen-bond donors (Lipinski definition) is 1. The minimum Gasteiger partial charge on any atom is -0.478 e. The van der Waals surface area contributed by atoms with Crippen LogP contribution in [-0.2, 0) is 4.79 Å². The van der Waals surface area contributed by atoms with Gasteiger partial charge in [-0.2, -0.15) is 0 Å². The van der Waals surface area contributed by atoms with Gasteiger partial charge in [0.25, 0.3) is 0 Å². The molecule has 17 heavy (non-hydrogen) atoms. The molecule has 0 atom stereocenters. The fraction of sp³-hybridized carbons (Fsp3) is 0.462. The summed E-state index contributed by atoms with van der Waals surface area (Å²) in [5.74, 6) is -0.427. The van der Waals surface area contributed by atoms with Gasteiger partial charge in [0.05, 0.1) is 5.02 Å². The first kappa shape index (κ1) is 12.2. The van der Waals surface area contributed by atoms with Crippen molar-refractivity contribution in [3.63, 3.8) is 0 Å². The molecule has 92 valence electrons. The van der Waals surface area contributed by atoms with Gasteiger partial charge in [0.2, 0.25) is 5.60 Å². The van der Waals surface area contributed by atoms with Gasteiger partial charge >= 0.3 is 5.97 Å². The topological polar surface area (TPSA) is 46.5 Å². The van der Waals surface area contributed by atoms with E-state index in [1.54, 1.807) is 12.1 Å². The summed E-state index contributed by atoms with van der Waals surface area (Å²) in [5.41, 5.74) is -0.0832. The number of aryl methyl sites for hydroxylation is 1. The predicted molar refractivity (Wildman–Crippen MR) is 65.7 cm³/mol. The average molecular weight is 255 g/mol. The first-order chi connectivity index (χ1) is 8.03. The fourth-order valence-corrected chi connectivity index (χ4v) is 2.36. The Kier molecular flexibility index (Phi) is 3.29. The lowest BCUT2D eigenvalue weighted by Crippen LogP contribution is -2.41. The second-order valence-corrected chi connectivity index (χ2v) is 4.95. The number of carboxylic acid groups (broad SMARTS) is 1. The van der Waals surface area contributed by atoms with Crippen molar-refractivity contribution in [1.82, 2.24) is 0 Å². The van der Waals surface area contributed by atoms with E-state index in [0.717, 1.165) is 18.4 Å². The summed E-state index contributed by atoms with van der Waals surface area (Å²) in [6.45, 7) is 1.92. The van der Waals surface area contributed by atoms with Crippen molar-refractivity contribution >= 4 is 17.6 Å². The van der Waals surface area contributed by atoms with Crippen molar-refractivity contribution in [3.05, 3.63) is 28.8 Å². The lowest BCUT2D eigenvalue weighted by Gasteiger charge is -2.26. The molecule has 0 bridgehead atoms. The fourth-order valence-electron chi connectivity index (χ4n) is 2.20. The lowest BCUT2D eigenvalue weighted by molar-refractivity contribution is -0.154. The Hall–Kier alpha value is -1.22. The second-order valence-electron chi connectivity index (χ2n) is 4.54. The molecule has 0 heterocycles. The Labute approximate surface area is 105 Å². The van der Waals surface area contributed by atoms with Crippen molar-refractivity contribution in [3.8, 4) is 5.75 Å². The number of carboxylic acids is 1. The maximum atomic E-state index is 11.4. The molecule has 3 nitrogen and oxygen atoms in total. The van der Waals surface area contributed by atoms with Gasteiger partial charge in [0.15, 0.2) is 0 Å². The molecule has 2 rings (SSSR count). The van der Waals surface area contributed by atoms with E-state index in [1.165, 1.54) is 0 Å². The molecule has 0 aromatic heterocycles. The average Bonchev–Trinajstić information content (AvgIpc) is 2.73. The van der Waals surface area contributed by atoms with Crippen LogP contribution in [0.1, 0.15) is 31.2 Å². The zero-order valence-corrected chi connectivity index (χ0v) is 10.5. The van der Waals surface area contributed by atoms with Crippen LogP contribution in [0, 0.1) is 6.92 Å². The number of carbonyl (C=O) groups is 1. The largest absolute Gasteiger partial charge is 0.478 e. The molecule has 1 aliphatic carbocycles. The summed E-state index contributed by atoms with van der Waals surface area (Å²) in [6.07, 6.45) is 2.87. The van der Waals surface area contributed by atoms with Crippen LogP contribution in [0.25, 0.3) is 0 Å². The third-order valence-electron chi connectivity index (χ3n) is 3.19. The molecule has 1 fully saturated rings. The van der Waals surface area contributed by atoms with E-state index in [4.69, 9.17) is 16.3 Å². The highest BCUT2D eigenvalue weighted by Crippen LogP contribution is 2.37. The SMILES string of the molecule is Cc1ccc(Cl)c(OC2(C(=O)O)CCCC2)c1. The van der Waals surface area contributed by atoms with E-state index in [1.807, 2.05) is 13.0 Å². The number of rotatable bonds is 3. The standard InChI is InChI=1S/C13H15ClO3/c1-9-4-5-10(14)11(8-9)17-13(12(15)16)6-2-3-7-13/h4-5,8H,2-3,6-7H2,1H3,(H,15,16). The van der Waals surface area contributed by atoms with Gasteiger partial charge in [-0.05, 0) is 50.3 Å². The van der Waals surface area contributed by atoms with Crippen molar-refractivity contribution in [2.45, 2.75) is 38.2 Å². The van der Waals surface area contributed by atoms with Crippen molar-refractivity contribution in [1.29, 1.82) is 0 Å². The van der Waals surface area contributed by atoms with E-state index in [-0.39, 0.29) is 0 Å². The molecule has 0 amide bonds. The number of aliphatic carboxylic acids is 1. The highest BCUT2D eigenvalue weighted by Gasteiger charge is 2.44. The van der Waals surface area contributed by atoms with Crippen molar-refractivity contribution in [2.75, 3.05) is 0 Å². The third kappa shape index (κ3) is 2.39. The molecule has 1 aromatic carbocycles. The maximum Gasteiger partial charge on any atom is 0.348 e. The molecule has 0 aliphatic heterocycles. The minimum absolute atomic E-state index is 0.461. The number of halogens is 1. The van der Waals surface area contributed by atoms with Gasteiger partial charge in [-0.1, -0.05) is 17.7 Å². The Morgan fingerprint density at radius 2 is 2.06 bits per heavy atom. The van der Waals surface area contributed by atoms with Crippen molar-refractivity contribution in [2.24, 2.45) is 0 Å². The van der Waals surface area contributed by atoms with E-state index >= 15 is 0 Å². The summed E-state index contributed by atoms with van der Waals surface area (Å²) in [4.78, 5) is 11.4. The smallest absolute Gasteiger partial charge is 0.348 e. The van der Waals surface area contributed by atoms with Gasteiger partial charge < -0.3 is 9.84 Å². The Balaban J connectivity index is 2.29. The Morgan fingerprint density at radius 1 is 1.41 bits per heavy atom. The summed E-state index contributed by atoms with van der Waals surface area (Å²) in [7, 11) is 0. The van der Waals surface area contributed by atoms with Crippen LogP contribution in [0.5, 0.6) is 5.75 Å². The van der Waals surface area contributed by atoms with Crippen LogP contribution in [0.3, 0.4) is 0 Å². The predicted octanol–water partition coefficient (Wildman–Crippen LogP) is 3.42. The first-order valence-electron chi connectivity index (χ1n) is 5.72. The lowest BCUT2D eigenvalue weighted by atomic mass is 10.0. The van der Waals surface area contributed by atoms with Gasteiger partial charge in [-0.3, -0.25) is 0 Å². The van der Waals surface area contributed by atoms with E-state index in [2.05, 4.69) is 0 Å². The highest BCUT2D eigenvalue weighted by molar-refractivity contribution is 6.32. The van der Waals surface area contributed by atoms with Gasteiger partial charge in [-0.25, -0.2) is 4.79 Å². The quantitative estimate of drug-likeness (QED) is 0.899. The van der Waals surface area contributed by atoms with Crippen LogP contribution in [0.2, 0.25) is 5.02 Å². The zero-order valence-electron chi connectivity index (χ0n) is 9.70. The van der Waals surface area contributed by atoms with Crippen LogP contribution in [0.4, 0.5) is 0 Å². The summed E-state index contributed by atoms with van der Waals surface area (Å²) >= 11 is 6.02. The molecule has 0 unspecified atom stereocenters. The van der Waals surface area contributed by atoms with E-state index in [0.29, 0.717) is 23.6 Å². The Morgan fingerprint density at radius 3 is 2.65 bits per heavy atom. The number of hydrogen-bond acceptors (Lipinski definition) is 2. The van der Waals surface area contributed by atoms with Crippen LogP contribution < -0.4 is 4.74 Å². The monoisotopic (exact) mass is 254 g/mol. The minimum atomic E-state index is -1.09. The summed E-state index contributed by atoms with van der Waals surface area (Å²) < 4.78 is 5.70. The number of benzene rings is 1. The van der Waals surface area contributed by atoms with E-state index < -0.39 is 11.6 Å². The molecule has 1 saturated carbocycles. The molecule has 4 heteroatoms. The molecule has 0 saturated heterocycles. The molecular formula is C13H15ClO3. The first-order valence-corrected chi connectivity index (χ1v) is 6.10. The Bertz CT molecular complexity index is 436. The van der Waals surface area contributed by atoms with Crippen molar-refractivity contribution < 1.29 is 14.6 Å². The molecule has 1 aromatic rings. The molecular weight excluding hydrogens is 240 g/mol. The van der Waals surface area contributed by atoms with Crippen LogP contribution in [-0.4, -0.2) is 16.7 Å². The third-order valence-corrected chi connectivity index (χ3v) is 3.51. The molecule has 0 radical (unpaired) electrons. The second kappa shape index (κ2) is 4.57. The van der Waals surface area contributed by atoms with Crippen LogP contribution >= 0.6 is 11.6 Å². The van der Waals surface area contributed by atoms with Crippen LogP contribution in [0.15, 0.2) is 18.2 Å². The normalized spacial score (nSPS) is 18.0. The summed E-state index contributed by atoms with van der Waals surface area (Å²) in [5, 5.41) is 9.78. The highest BCUT2D eigenvalue weighted by atomic mass is 35.5. The number of ether oxygens (including phenoxy) is 1.